The van der Waals surface area contributed by atoms with Crippen LogP contribution in [0.3, 0.4) is 0 Å². The van der Waals surface area contributed by atoms with Crippen molar-refractivity contribution < 1.29 is 38.9 Å². The Balaban J connectivity index is 1.24. The number of hydrogen-bond donors (Lipinski definition) is 4. The van der Waals surface area contributed by atoms with E-state index in [4.69, 9.17) is 9.47 Å². The molecular weight excluding hydrogens is 612 g/mol. The van der Waals surface area contributed by atoms with Crippen molar-refractivity contribution in [3.8, 4) is 17.2 Å². The third-order valence-electron chi connectivity index (χ3n) is 7.52. The first-order valence-corrected chi connectivity index (χ1v) is 16.0. The molecule has 0 heterocycles. The van der Waals surface area contributed by atoms with Crippen molar-refractivity contribution in [2.45, 2.75) is 57.9 Å². The number of aliphatic carboxylic acids is 1. The minimum Gasteiger partial charge on any atom is -0.508 e. The normalized spacial score (nSPS) is 11.3. The lowest BCUT2D eigenvalue weighted by Crippen LogP contribution is -2.42. The zero-order valence-corrected chi connectivity index (χ0v) is 26.8. The molecule has 0 aliphatic rings. The van der Waals surface area contributed by atoms with Crippen LogP contribution in [-0.4, -0.2) is 46.6 Å². The van der Waals surface area contributed by atoms with Gasteiger partial charge in [0.15, 0.2) is 0 Å². The Bertz CT molecular complexity index is 1650. The number of carbonyl (C=O) groups excluding carboxylic acids is 3. The fourth-order valence-electron chi connectivity index (χ4n) is 4.83. The Hall–Kier alpha value is -5.64. The Labute approximate surface area is 279 Å². The van der Waals surface area contributed by atoms with Crippen LogP contribution in [0.1, 0.15) is 70.9 Å². The number of hydrogen-bond acceptors (Lipinski definition) is 7. The molecule has 0 saturated heterocycles. The molecule has 4 aromatic carbocycles. The van der Waals surface area contributed by atoms with E-state index in [1.165, 1.54) is 43.5 Å². The number of phenols is 1. The summed E-state index contributed by atoms with van der Waals surface area (Å²) in [7, 11) is 0. The number of phenolic OH excluding ortho intramolecular Hbond substituents is 1. The van der Waals surface area contributed by atoms with Crippen LogP contribution in [0.2, 0.25) is 0 Å². The molecule has 4 N–H and O–H groups in total. The maximum absolute atomic E-state index is 12.8. The molecule has 0 radical (unpaired) electrons. The molecule has 0 saturated carbocycles. The van der Waals surface area contributed by atoms with Crippen molar-refractivity contribution in [2.75, 3.05) is 11.9 Å². The van der Waals surface area contributed by atoms with Crippen LogP contribution in [0.15, 0.2) is 97.1 Å². The predicted octanol–water partition coefficient (Wildman–Crippen LogP) is 6.57. The quantitative estimate of drug-likeness (QED) is 0.0568. The van der Waals surface area contributed by atoms with E-state index in [1.54, 1.807) is 72.8 Å². The lowest BCUT2D eigenvalue weighted by atomic mass is 10.0. The number of carbonyl (C=O) groups is 4. The Morgan fingerprint density at radius 3 is 1.96 bits per heavy atom. The summed E-state index contributed by atoms with van der Waals surface area (Å²) in [5.74, 6) is -1.50. The van der Waals surface area contributed by atoms with Crippen molar-refractivity contribution in [3.05, 3.63) is 119 Å². The van der Waals surface area contributed by atoms with Gasteiger partial charge in [0.2, 0.25) is 5.91 Å². The van der Waals surface area contributed by atoms with Crippen molar-refractivity contribution in [3.63, 3.8) is 0 Å². The third-order valence-corrected chi connectivity index (χ3v) is 7.52. The maximum atomic E-state index is 12.8. The molecule has 1 atom stereocenters. The fourth-order valence-corrected chi connectivity index (χ4v) is 4.83. The largest absolute Gasteiger partial charge is 0.508 e. The first kappa shape index (κ1) is 35.2. The van der Waals surface area contributed by atoms with E-state index in [-0.39, 0.29) is 30.1 Å². The second-order valence-corrected chi connectivity index (χ2v) is 11.4. The molecule has 0 fully saturated rings. The molecule has 48 heavy (non-hydrogen) atoms. The van der Waals surface area contributed by atoms with E-state index in [2.05, 4.69) is 17.6 Å². The van der Waals surface area contributed by atoms with Gasteiger partial charge in [0, 0.05) is 17.7 Å². The van der Waals surface area contributed by atoms with Gasteiger partial charge in [-0.25, -0.2) is 9.59 Å². The number of esters is 1. The standard InChI is InChI=1S/C38H40N2O8/c1-2-3-4-5-6-23-47-32-21-13-29(14-22-32)38(46)48-33-19-9-26(10-20-33)24-34(37(44)45)40-36(43)28-11-15-30(16-12-28)39-35(42)25-27-7-17-31(41)18-8-27/h7-22,34,41H,2-6,23-25H2,1H3,(H,39,42)(H,40,43)(H,44,45). The van der Waals surface area contributed by atoms with Gasteiger partial charge in [-0.15, -0.1) is 0 Å². The van der Waals surface area contributed by atoms with Gasteiger partial charge in [-0.05, 0) is 90.3 Å². The molecular formula is C38H40N2O8. The van der Waals surface area contributed by atoms with Crippen LogP contribution in [0.25, 0.3) is 0 Å². The molecule has 0 bridgehead atoms. The topological polar surface area (TPSA) is 151 Å². The Kier molecular flexibility index (Phi) is 13.1. The predicted molar refractivity (Wildman–Crippen MR) is 182 cm³/mol. The van der Waals surface area contributed by atoms with Crippen LogP contribution in [0, 0.1) is 0 Å². The number of nitrogens with one attached hydrogen (secondary N) is 2. The van der Waals surface area contributed by atoms with E-state index in [0.717, 1.165) is 18.4 Å². The average Bonchev–Trinajstić information content (AvgIpc) is 3.08. The summed E-state index contributed by atoms with van der Waals surface area (Å²) in [5, 5.41) is 24.4. The highest BCUT2D eigenvalue weighted by molar-refractivity contribution is 5.98. The highest BCUT2D eigenvalue weighted by Crippen LogP contribution is 2.19. The Morgan fingerprint density at radius 1 is 0.708 bits per heavy atom. The number of anilines is 1. The van der Waals surface area contributed by atoms with Gasteiger partial charge in [-0.3, -0.25) is 9.59 Å². The second kappa shape index (κ2) is 17.9. The number of rotatable bonds is 17. The molecule has 10 nitrogen and oxygen atoms in total. The van der Waals surface area contributed by atoms with Crippen molar-refractivity contribution >= 4 is 29.4 Å². The Morgan fingerprint density at radius 2 is 1.31 bits per heavy atom. The highest BCUT2D eigenvalue weighted by Gasteiger charge is 2.21. The summed E-state index contributed by atoms with van der Waals surface area (Å²) in [6.07, 6.45) is 5.85. The average molecular weight is 653 g/mol. The summed E-state index contributed by atoms with van der Waals surface area (Å²) in [6.45, 7) is 2.81. The number of ether oxygens (including phenoxy) is 2. The lowest BCUT2D eigenvalue weighted by molar-refractivity contribution is -0.139. The number of amides is 2. The van der Waals surface area contributed by atoms with E-state index < -0.39 is 23.9 Å². The summed E-state index contributed by atoms with van der Waals surface area (Å²) in [5.41, 5.74) is 2.41. The molecule has 0 spiro atoms. The smallest absolute Gasteiger partial charge is 0.343 e. The molecule has 4 aromatic rings. The summed E-state index contributed by atoms with van der Waals surface area (Å²) in [4.78, 5) is 49.8. The summed E-state index contributed by atoms with van der Waals surface area (Å²) in [6, 6.07) is 24.3. The van der Waals surface area contributed by atoms with Crippen LogP contribution in [0.5, 0.6) is 17.2 Å². The van der Waals surface area contributed by atoms with E-state index >= 15 is 0 Å². The van der Waals surface area contributed by atoms with E-state index in [9.17, 15) is 29.4 Å². The van der Waals surface area contributed by atoms with Gasteiger partial charge in [0.1, 0.15) is 23.3 Å². The summed E-state index contributed by atoms with van der Waals surface area (Å²) < 4.78 is 11.2. The maximum Gasteiger partial charge on any atom is 0.343 e. The molecule has 2 amide bonds. The molecule has 0 aliphatic carbocycles. The molecule has 0 aliphatic heterocycles. The van der Waals surface area contributed by atoms with Gasteiger partial charge in [-0.1, -0.05) is 56.9 Å². The van der Waals surface area contributed by atoms with Crippen LogP contribution in [-0.2, 0) is 22.4 Å². The van der Waals surface area contributed by atoms with Crippen molar-refractivity contribution in [2.24, 2.45) is 0 Å². The zero-order valence-electron chi connectivity index (χ0n) is 26.8. The molecule has 0 aromatic heterocycles. The minimum absolute atomic E-state index is 0.000761. The third kappa shape index (κ3) is 11.3. The van der Waals surface area contributed by atoms with Crippen molar-refractivity contribution in [1.82, 2.24) is 5.32 Å². The van der Waals surface area contributed by atoms with Crippen LogP contribution >= 0.6 is 0 Å². The number of benzene rings is 4. The van der Waals surface area contributed by atoms with Gasteiger partial charge < -0.3 is 30.3 Å². The van der Waals surface area contributed by atoms with Gasteiger partial charge >= 0.3 is 11.9 Å². The highest BCUT2D eigenvalue weighted by atomic mass is 16.5. The summed E-state index contributed by atoms with van der Waals surface area (Å²) >= 11 is 0. The van der Waals surface area contributed by atoms with Gasteiger partial charge in [0.05, 0.1) is 18.6 Å². The SMILES string of the molecule is CCCCCCCOc1ccc(C(=O)Oc2ccc(CC(NC(=O)c3ccc(NC(=O)Cc4ccc(O)cc4)cc3)C(=O)O)cc2)cc1. The molecule has 4 rings (SSSR count). The van der Waals surface area contributed by atoms with Gasteiger partial charge in [0.25, 0.3) is 5.91 Å². The number of aromatic hydroxyl groups is 1. The number of unbranched alkanes of at least 4 members (excludes halogenated alkanes) is 4. The van der Waals surface area contributed by atoms with E-state index in [0.29, 0.717) is 34.9 Å². The van der Waals surface area contributed by atoms with Crippen molar-refractivity contribution in [1.29, 1.82) is 0 Å². The fraction of sp³-hybridized carbons (Fsp3) is 0.263. The lowest BCUT2D eigenvalue weighted by Gasteiger charge is -2.15. The monoisotopic (exact) mass is 652 g/mol. The van der Waals surface area contributed by atoms with E-state index in [1.807, 2.05) is 0 Å². The molecule has 1 unspecified atom stereocenters. The molecule has 10 heteroatoms. The van der Waals surface area contributed by atoms with Gasteiger partial charge in [-0.2, -0.15) is 0 Å². The second-order valence-electron chi connectivity index (χ2n) is 11.4. The van der Waals surface area contributed by atoms with Crippen LogP contribution in [0.4, 0.5) is 5.69 Å². The number of carboxylic acids is 1. The molecule has 250 valence electrons. The number of carboxylic acid groups (broad SMARTS) is 1. The first-order chi connectivity index (χ1) is 23.2. The van der Waals surface area contributed by atoms with Crippen LogP contribution < -0.4 is 20.1 Å². The minimum atomic E-state index is -1.22. The first-order valence-electron chi connectivity index (χ1n) is 16.0. The zero-order chi connectivity index (χ0) is 34.3.